The summed E-state index contributed by atoms with van der Waals surface area (Å²) in [4.78, 5) is 10.9. The topological polar surface area (TPSA) is 104 Å². The molecule has 0 aliphatic rings. The van der Waals surface area contributed by atoms with Crippen molar-refractivity contribution in [1.82, 2.24) is 10.2 Å². The number of primary amides is 1. The van der Waals surface area contributed by atoms with Gasteiger partial charge in [0.05, 0.1) is 6.61 Å². The Hall–Kier alpha value is -1.08. The summed E-state index contributed by atoms with van der Waals surface area (Å²) in [6, 6.07) is 0. The zero-order valence-corrected chi connectivity index (χ0v) is 8.26. The van der Waals surface area contributed by atoms with E-state index in [0.717, 1.165) is 0 Å². The number of rotatable bonds is 4. The maximum atomic E-state index is 10.9. The number of hydrogen-bond donors (Lipinski definition) is 4. The van der Waals surface area contributed by atoms with Crippen molar-refractivity contribution in [2.45, 2.75) is 0 Å². The van der Waals surface area contributed by atoms with Crippen LogP contribution in [0.5, 0.6) is 0 Å². The summed E-state index contributed by atoms with van der Waals surface area (Å²) in [5.74, 6) is -0.241. The summed E-state index contributed by atoms with van der Waals surface area (Å²) >= 11 is 3.09. The van der Waals surface area contributed by atoms with Gasteiger partial charge >= 0.3 is 0 Å². The number of hydrogen-bond acceptors (Lipinski definition) is 4. The Morgan fingerprint density at radius 2 is 2.46 bits per heavy atom. The second kappa shape index (κ2) is 4.24. The van der Waals surface area contributed by atoms with E-state index in [1.807, 2.05) is 0 Å². The number of halogens is 1. The van der Waals surface area contributed by atoms with Crippen molar-refractivity contribution < 1.29 is 9.90 Å². The molecular formula is C6H9BrN4O2. The number of nitrogens with zero attached hydrogens (tertiary/aromatic N) is 1. The van der Waals surface area contributed by atoms with E-state index in [-0.39, 0.29) is 12.2 Å². The van der Waals surface area contributed by atoms with Gasteiger partial charge < -0.3 is 16.2 Å². The highest BCUT2D eigenvalue weighted by Crippen LogP contribution is 2.20. The lowest BCUT2D eigenvalue weighted by atomic mass is 10.3. The molecule has 5 N–H and O–H groups in total. The van der Waals surface area contributed by atoms with Gasteiger partial charge in [0.15, 0.2) is 5.82 Å². The molecule has 0 bridgehead atoms. The van der Waals surface area contributed by atoms with E-state index in [2.05, 4.69) is 31.4 Å². The zero-order chi connectivity index (χ0) is 9.84. The smallest absolute Gasteiger partial charge is 0.255 e. The minimum Gasteiger partial charge on any atom is -0.395 e. The van der Waals surface area contributed by atoms with Crippen molar-refractivity contribution in [3.63, 3.8) is 0 Å². The first-order valence-electron chi connectivity index (χ1n) is 3.55. The number of amides is 1. The maximum absolute atomic E-state index is 10.9. The summed E-state index contributed by atoms with van der Waals surface area (Å²) in [7, 11) is 0. The molecule has 0 fully saturated rings. The van der Waals surface area contributed by atoms with Gasteiger partial charge in [-0.3, -0.25) is 9.89 Å². The van der Waals surface area contributed by atoms with Crippen molar-refractivity contribution in [2.24, 2.45) is 5.73 Å². The zero-order valence-electron chi connectivity index (χ0n) is 6.67. The van der Waals surface area contributed by atoms with Crippen LogP contribution in [0, 0.1) is 0 Å². The SMILES string of the molecule is NC(=O)c1c(NCCO)n[nH]c1Br. The fraction of sp³-hybridized carbons (Fsp3) is 0.333. The van der Waals surface area contributed by atoms with E-state index in [9.17, 15) is 4.79 Å². The van der Waals surface area contributed by atoms with Crippen molar-refractivity contribution in [3.8, 4) is 0 Å². The minimum absolute atomic E-state index is 0.0390. The molecule has 13 heavy (non-hydrogen) atoms. The van der Waals surface area contributed by atoms with Gasteiger partial charge in [0.2, 0.25) is 0 Å². The van der Waals surface area contributed by atoms with E-state index >= 15 is 0 Å². The Kier molecular flexibility index (Phi) is 3.26. The molecule has 1 amide bonds. The summed E-state index contributed by atoms with van der Waals surface area (Å²) in [6.45, 7) is 0.278. The van der Waals surface area contributed by atoms with Crippen LogP contribution >= 0.6 is 15.9 Å². The van der Waals surface area contributed by atoms with Gasteiger partial charge in [0.1, 0.15) is 10.2 Å². The molecule has 0 saturated heterocycles. The molecule has 1 heterocycles. The Labute approximate surface area is 82.6 Å². The lowest BCUT2D eigenvalue weighted by Crippen LogP contribution is -2.15. The first-order chi connectivity index (χ1) is 6.16. The molecule has 1 aromatic rings. The summed E-state index contributed by atoms with van der Waals surface area (Å²) in [5.41, 5.74) is 5.36. The molecule has 7 heteroatoms. The molecule has 0 unspecified atom stereocenters. The standard InChI is InChI=1S/C6H9BrN4O2/c7-4-3(5(8)13)6(11-10-4)9-1-2-12/h12H,1-2H2,(H2,8,13)(H2,9,10,11). The second-order valence-corrected chi connectivity index (χ2v) is 3.07. The molecule has 0 aromatic carbocycles. The van der Waals surface area contributed by atoms with Crippen LogP contribution in [0.1, 0.15) is 10.4 Å². The molecule has 6 nitrogen and oxygen atoms in total. The van der Waals surface area contributed by atoms with Crippen molar-refractivity contribution in [2.75, 3.05) is 18.5 Å². The van der Waals surface area contributed by atoms with E-state index in [4.69, 9.17) is 10.8 Å². The third-order valence-electron chi connectivity index (χ3n) is 1.37. The molecular weight excluding hydrogens is 240 g/mol. The van der Waals surface area contributed by atoms with E-state index in [1.165, 1.54) is 0 Å². The quantitative estimate of drug-likeness (QED) is 0.586. The Morgan fingerprint density at radius 1 is 1.77 bits per heavy atom. The number of aliphatic hydroxyl groups is 1. The molecule has 72 valence electrons. The molecule has 0 aliphatic carbocycles. The number of carbonyl (C=O) groups excluding carboxylic acids is 1. The van der Waals surface area contributed by atoms with E-state index in [1.54, 1.807) is 0 Å². The highest BCUT2D eigenvalue weighted by atomic mass is 79.9. The molecule has 0 spiro atoms. The Morgan fingerprint density at radius 3 is 3.00 bits per heavy atom. The van der Waals surface area contributed by atoms with Crippen LogP contribution in [0.25, 0.3) is 0 Å². The monoisotopic (exact) mass is 248 g/mol. The van der Waals surface area contributed by atoms with Crippen LogP contribution in [-0.4, -0.2) is 34.4 Å². The first-order valence-corrected chi connectivity index (χ1v) is 4.34. The lowest BCUT2D eigenvalue weighted by Gasteiger charge is -2.00. The number of anilines is 1. The largest absolute Gasteiger partial charge is 0.395 e. The van der Waals surface area contributed by atoms with Gasteiger partial charge in [-0.2, -0.15) is 5.10 Å². The number of nitrogens with one attached hydrogen (secondary N) is 2. The lowest BCUT2D eigenvalue weighted by molar-refractivity contribution is 0.100. The second-order valence-electron chi connectivity index (χ2n) is 2.28. The number of aromatic nitrogens is 2. The average Bonchev–Trinajstić information content (AvgIpc) is 2.43. The molecule has 0 aliphatic heterocycles. The third-order valence-corrected chi connectivity index (χ3v) is 1.95. The Balaban J connectivity index is 2.87. The molecule has 0 atom stereocenters. The highest BCUT2D eigenvalue weighted by molar-refractivity contribution is 9.10. The fourth-order valence-corrected chi connectivity index (χ4v) is 1.32. The normalized spacial score (nSPS) is 10.0. The van der Waals surface area contributed by atoms with E-state index in [0.29, 0.717) is 17.0 Å². The van der Waals surface area contributed by atoms with Gasteiger partial charge in [0.25, 0.3) is 5.91 Å². The number of carbonyl (C=O) groups is 1. The summed E-state index contributed by atoms with van der Waals surface area (Å²) in [5, 5.41) is 17.6. The van der Waals surface area contributed by atoms with Crippen LogP contribution in [0.15, 0.2) is 4.60 Å². The maximum Gasteiger partial charge on any atom is 0.255 e. The predicted molar refractivity (Wildman–Crippen MR) is 50.4 cm³/mol. The first kappa shape index (κ1) is 10.0. The van der Waals surface area contributed by atoms with Crippen molar-refractivity contribution in [1.29, 1.82) is 0 Å². The summed E-state index contributed by atoms with van der Waals surface area (Å²) in [6.07, 6.45) is 0. The van der Waals surface area contributed by atoms with Crippen LogP contribution in [0.4, 0.5) is 5.82 Å². The molecule has 1 rings (SSSR count). The van der Waals surface area contributed by atoms with E-state index < -0.39 is 5.91 Å². The van der Waals surface area contributed by atoms with Crippen molar-refractivity contribution >= 4 is 27.7 Å². The van der Waals surface area contributed by atoms with Crippen LogP contribution in [-0.2, 0) is 0 Å². The van der Waals surface area contributed by atoms with Gasteiger partial charge in [-0.15, -0.1) is 0 Å². The van der Waals surface area contributed by atoms with Crippen molar-refractivity contribution in [3.05, 3.63) is 10.2 Å². The van der Waals surface area contributed by atoms with Gasteiger partial charge in [-0.25, -0.2) is 0 Å². The fourth-order valence-electron chi connectivity index (χ4n) is 0.848. The molecule has 1 aromatic heterocycles. The van der Waals surface area contributed by atoms with Crippen LogP contribution in [0.3, 0.4) is 0 Å². The predicted octanol–water partition coefficient (Wildman–Crippen LogP) is -0.325. The summed E-state index contributed by atoms with van der Waals surface area (Å²) < 4.78 is 0.431. The molecule has 0 radical (unpaired) electrons. The minimum atomic E-state index is -0.582. The van der Waals surface area contributed by atoms with Crippen LogP contribution < -0.4 is 11.1 Å². The molecule has 0 saturated carbocycles. The number of aliphatic hydroxyl groups excluding tert-OH is 1. The highest BCUT2D eigenvalue weighted by Gasteiger charge is 2.15. The number of H-pyrrole nitrogens is 1. The van der Waals surface area contributed by atoms with Gasteiger partial charge in [-0.05, 0) is 15.9 Å². The average molecular weight is 249 g/mol. The van der Waals surface area contributed by atoms with Crippen LogP contribution in [0.2, 0.25) is 0 Å². The Bertz CT molecular complexity index is 312. The van der Waals surface area contributed by atoms with Gasteiger partial charge in [0, 0.05) is 6.54 Å². The third kappa shape index (κ3) is 2.19. The van der Waals surface area contributed by atoms with Gasteiger partial charge in [-0.1, -0.05) is 0 Å². The number of aromatic amines is 1. The number of nitrogens with two attached hydrogens (primary N) is 1.